The lowest BCUT2D eigenvalue weighted by Gasteiger charge is -2.20. The van der Waals surface area contributed by atoms with Crippen LogP contribution in [-0.2, 0) is 5.41 Å². The summed E-state index contributed by atoms with van der Waals surface area (Å²) in [6.07, 6.45) is 0. The van der Waals surface area contributed by atoms with Gasteiger partial charge in [-0.25, -0.2) is 4.98 Å². The molecule has 0 saturated heterocycles. The fraction of sp³-hybridized carbons (Fsp3) is 0.400. The second-order valence-corrected chi connectivity index (χ2v) is 6.96. The Morgan fingerprint density at radius 2 is 1.83 bits per heavy atom. The number of rotatable bonds is 1. The highest BCUT2D eigenvalue weighted by Crippen LogP contribution is 2.34. The van der Waals surface area contributed by atoms with Gasteiger partial charge in [-0.2, -0.15) is 0 Å². The average Bonchev–Trinajstić information content (AvgIpc) is 2.56. The van der Waals surface area contributed by atoms with Crippen LogP contribution in [0.4, 0.5) is 5.00 Å². The summed E-state index contributed by atoms with van der Waals surface area (Å²) in [6, 6.07) is 6.56. The molecule has 0 fully saturated rings. The molecule has 1 aromatic heterocycles. The highest BCUT2D eigenvalue weighted by Gasteiger charge is 2.16. The zero-order valence-corrected chi connectivity index (χ0v) is 12.5. The van der Waals surface area contributed by atoms with Crippen LogP contribution in [0.3, 0.4) is 0 Å². The molecule has 1 aromatic carbocycles. The van der Waals surface area contributed by atoms with Crippen molar-refractivity contribution in [3.8, 4) is 11.3 Å². The monoisotopic (exact) mass is 260 g/mol. The van der Waals surface area contributed by atoms with Crippen LogP contribution in [0.5, 0.6) is 0 Å². The standard InChI is InChI=1S/C15H20N2S/c1-9-8-11(15(3,4)5)6-7-12(9)13-14(16)18-10(2)17-13/h6-8H,16H2,1-5H3. The van der Waals surface area contributed by atoms with E-state index in [4.69, 9.17) is 5.73 Å². The SMILES string of the molecule is Cc1nc(-c2ccc(C(C)(C)C)cc2C)c(N)s1. The fourth-order valence-corrected chi connectivity index (χ4v) is 2.74. The van der Waals surface area contributed by atoms with Gasteiger partial charge >= 0.3 is 0 Å². The summed E-state index contributed by atoms with van der Waals surface area (Å²) in [7, 11) is 0. The fourth-order valence-electron chi connectivity index (χ4n) is 2.03. The minimum atomic E-state index is 0.173. The third kappa shape index (κ3) is 2.41. The number of aromatic nitrogens is 1. The highest BCUT2D eigenvalue weighted by atomic mass is 32.1. The van der Waals surface area contributed by atoms with Gasteiger partial charge in [-0.1, -0.05) is 39.0 Å². The van der Waals surface area contributed by atoms with Crippen LogP contribution >= 0.6 is 11.3 Å². The van der Waals surface area contributed by atoms with Crippen molar-refractivity contribution in [3.05, 3.63) is 34.3 Å². The van der Waals surface area contributed by atoms with Crippen molar-refractivity contribution in [3.63, 3.8) is 0 Å². The molecule has 2 nitrogen and oxygen atoms in total. The Balaban J connectivity index is 2.51. The average molecular weight is 260 g/mol. The molecule has 2 rings (SSSR count). The summed E-state index contributed by atoms with van der Waals surface area (Å²) in [6.45, 7) is 10.8. The van der Waals surface area contributed by atoms with Crippen LogP contribution < -0.4 is 5.73 Å². The van der Waals surface area contributed by atoms with Crippen LogP contribution in [0, 0.1) is 13.8 Å². The maximum absolute atomic E-state index is 6.02. The number of anilines is 1. The van der Waals surface area contributed by atoms with Gasteiger partial charge in [0.15, 0.2) is 0 Å². The summed E-state index contributed by atoms with van der Waals surface area (Å²) in [5, 5.41) is 1.82. The lowest BCUT2D eigenvalue weighted by Crippen LogP contribution is -2.11. The number of nitrogen functional groups attached to an aromatic ring is 1. The Kier molecular flexibility index (Phi) is 3.20. The normalized spacial score (nSPS) is 11.8. The van der Waals surface area contributed by atoms with Gasteiger partial charge in [0, 0.05) is 5.56 Å². The van der Waals surface area contributed by atoms with Crippen LogP contribution in [0.15, 0.2) is 18.2 Å². The quantitative estimate of drug-likeness (QED) is 0.830. The molecule has 2 N–H and O–H groups in total. The van der Waals surface area contributed by atoms with E-state index in [1.807, 2.05) is 6.92 Å². The number of nitrogens with two attached hydrogens (primary N) is 1. The first-order valence-electron chi connectivity index (χ1n) is 6.13. The van der Waals surface area contributed by atoms with Crippen LogP contribution in [-0.4, -0.2) is 4.98 Å². The molecule has 0 aliphatic heterocycles. The number of thiazole rings is 1. The number of hydrogen-bond acceptors (Lipinski definition) is 3. The van der Waals surface area contributed by atoms with Gasteiger partial charge in [0.2, 0.25) is 0 Å². The van der Waals surface area contributed by atoms with Gasteiger partial charge in [0.25, 0.3) is 0 Å². The Morgan fingerprint density at radius 1 is 1.17 bits per heavy atom. The van der Waals surface area contributed by atoms with E-state index in [1.165, 1.54) is 11.1 Å². The Morgan fingerprint density at radius 3 is 2.28 bits per heavy atom. The van der Waals surface area contributed by atoms with Gasteiger partial charge < -0.3 is 5.73 Å². The predicted molar refractivity (Wildman–Crippen MR) is 80.1 cm³/mol. The van der Waals surface area contributed by atoms with Gasteiger partial charge in [-0.05, 0) is 30.4 Å². The van der Waals surface area contributed by atoms with E-state index < -0.39 is 0 Å². The molecule has 0 radical (unpaired) electrons. The lowest BCUT2D eigenvalue weighted by atomic mass is 9.85. The topological polar surface area (TPSA) is 38.9 Å². The van der Waals surface area contributed by atoms with Gasteiger partial charge in [-0.15, -0.1) is 11.3 Å². The first-order chi connectivity index (χ1) is 8.29. The summed E-state index contributed by atoms with van der Waals surface area (Å²) in [5.74, 6) is 0. The van der Waals surface area contributed by atoms with Crippen molar-refractivity contribution in [1.29, 1.82) is 0 Å². The molecule has 0 saturated carbocycles. The summed E-state index contributed by atoms with van der Waals surface area (Å²) < 4.78 is 0. The number of benzene rings is 1. The third-order valence-electron chi connectivity index (χ3n) is 3.11. The molecule has 18 heavy (non-hydrogen) atoms. The molecule has 1 heterocycles. The van der Waals surface area contributed by atoms with Crippen LogP contribution in [0.25, 0.3) is 11.3 Å². The van der Waals surface area contributed by atoms with Crippen molar-refractivity contribution < 1.29 is 0 Å². The van der Waals surface area contributed by atoms with E-state index in [2.05, 4.69) is 50.9 Å². The van der Waals surface area contributed by atoms with E-state index in [0.717, 1.165) is 21.3 Å². The molecular formula is C15H20N2S. The van der Waals surface area contributed by atoms with E-state index in [-0.39, 0.29) is 5.41 Å². The molecule has 2 aromatic rings. The van der Waals surface area contributed by atoms with Crippen molar-refractivity contribution >= 4 is 16.3 Å². The molecule has 96 valence electrons. The molecule has 0 aliphatic rings. The minimum absolute atomic E-state index is 0.173. The highest BCUT2D eigenvalue weighted by molar-refractivity contribution is 7.16. The Bertz CT molecular complexity index is 577. The lowest BCUT2D eigenvalue weighted by molar-refractivity contribution is 0.590. The molecule has 0 atom stereocenters. The molecule has 0 spiro atoms. The third-order valence-corrected chi connectivity index (χ3v) is 3.91. The Labute approximate surface area is 113 Å². The zero-order valence-electron chi connectivity index (χ0n) is 11.7. The second-order valence-electron chi connectivity index (χ2n) is 5.73. The molecule has 0 bridgehead atoms. The molecule has 3 heteroatoms. The second kappa shape index (κ2) is 4.39. The first-order valence-corrected chi connectivity index (χ1v) is 6.95. The van der Waals surface area contributed by atoms with Crippen molar-refractivity contribution in [1.82, 2.24) is 4.98 Å². The molecule has 0 unspecified atom stereocenters. The summed E-state index contributed by atoms with van der Waals surface area (Å²) in [4.78, 5) is 4.53. The molecule has 0 aliphatic carbocycles. The zero-order chi connectivity index (χ0) is 13.5. The van der Waals surface area contributed by atoms with E-state index in [9.17, 15) is 0 Å². The van der Waals surface area contributed by atoms with Gasteiger partial charge in [0.05, 0.1) is 5.01 Å². The number of aryl methyl sites for hydroxylation is 2. The molecular weight excluding hydrogens is 240 g/mol. The van der Waals surface area contributed by atoms with Gasteiger partial charge in [-0.3, -0.25) is 0 Å². The largest absolute Gasteiger partial charge is 0.389 e. The van der Waals surface area contributed by atoms with Crippen molar-refractivity contribution in [2.75, 3.05) is 5.73 Å². The summed E-state index contributed by atoms with van der Waals surface area (Å²) in [5.41, 5.74) is 10.8. The number of hydrogen-bond donors (Lipinski definition) is 1. The Hall–Kier alpha value is -1.35. The van der Waals surface area contributed by atoms with E-state index in [1.54, 1.807) is 11.3 Å². The smallest absolute Gasteiger partial charge is 0.114 e. The predicted octanol–water partition coefficient (Wildman–Crippen LogP) is 4.31. The molecule has 0 amide bonds. The maximum Gasteiger partial charge on any atom is 0.114 e. The summed E-state index contributed by atoms with van der Waals surface area (Å²) >= 11 is 1.55. The van der Waals surface area contributed by atoms with Crippen molar-refractivity contribution in [2.24, 2.45) is 0 Å². The van der Waals surface area contributed by atoms with E-state index >= 15 is 0 Å². The van der Waals surface area contributed by atoms with Crippen LogP contribution in [0.1, 0.15) is 36.9 Å². The maximum atomic E-state index is 6.02. The number of nitrogens with zero attached hydrogens (tertiary/aromatic N) is 1. The van der Waals surface area contributed by atoms with Crippen molar-refractivity contribution in [2.45, 2.75) is 40.0 Å². The first kappa shape index (κ1) is 13.1. The van der Waals surface area contributed by atoms with Crippen LogP contribution in [0.2, 0.25) is 0 Å². The van der Waals surface area contributed by atoms with E-state index in [0.29, 0.717) is 0 Å². The minimum Gasteiger partial charge on any atom is -0.389 e. The van der Waals surface area contributed by atoms with Gasteiger partial charge in [0.1, 0.15) is 10.7 Å².